The monoisotopic (exact) mass is 672 g/mol. The zero-order chi connectivity index (χ0) is 35.2. The van der Waals surface area contributed by atoms with Crippen LogP contribution in [0.4, 0.5) is 22.1 Å². The fourth-order valence-corrected chi connectivity index (χ4v) is 4.92. The van der Waals surface area contributed by atoms with Crippen LogP contribution in [0.3, 0.4) is 0 Å². The van der Waals surface area contributed by atoms with Crippen LogP contribution in [0.25, 0.3) is 5.69 Å². The number of rotatable bonds is 5. The minimum Gasteiger partial charge on any atom is -0.353 e. The fourth-order valence-electron chi connectivity index (χ4n) is 4.92. The molecule has 1 saturated heterocycles. The third-order valence-electron chi connectivity index (χ3n) is 7.49. The molecular formula is C34H40N8O5S. The highest BCUT2D eigenvalue weighted by Crippen LogP contribution is 2.27. The van der Waals surface area contributed by atoms with Crippen LogP contribution in [0.1, 0.15) is 53.6 Å². The highest BCUT2D eigenvalue weighted by molar-refractivity contribution is 7.85. The third kappa shape index (κ3) is 9.40. The number of amides is 3. The van der Waals surface area contributed by atoms with E-state index in [1.165, 1.54) is 0 Å². The maximum atomic E-state index is 13.1. The van der Waals surface area contributed by atoms with Crippen molar-refractivity contribution in [2.24, 2.45) is 0 Å². The second-order valence-corrected chi connectivity index (χ2v) is 13.9. The number of hydrogen-bond donors (Lipinski definition) is 3. The molecule has 0 radical (unpaired) electrons. The van der Waals surface area contributed by atoms with Gasteiger partial charge in [0.2, 0.25) is 0 Å². The lowest BCUT2D eigenvalue weighted by molar-refractivity contribution is 0.0746. The maximum Gasteiger partial charge on any atom is 0.324 e. The Morgan fingerprint density at radius 2 is 1.56 bits per heavy atom. The molecular weight excluding hydrogens is 632 g/mol. The Morgan fingerprint density at radius 3 is 2.15 bits per heavy atom. The van der Waals surface area contributed by atoms with E-state index in [0.29, 0.717) is 60.8 Å². The summed E-state index contributed by atoms with van der Waals surface area (Å²) < 4.78 is 27.6. The van der Waals surface area contributed by atoms with Gasteiger partial charge in [-0.1, -0.05) is 50.6 Å². The molecule has 0 aliphatic carbocycles. The molecule has 0 bridgehead atoms. The van der Waals surface area contributed by atoms with Crippen LogP contribution in [0.15, 0.2) is 66.7 Å². The number of carbonyl (C=O) groups is 2. The molecule has 0 saturated carbocycles. The summed E-state index contributed by atoms with van der Waals surface area (Å²) in [6, 6.07) is 22.2. The van der Waals surface area contributed by atoms with Crippen LogP contribution in [0, 0.1) is 25.2 Å². The highest BCUT2D eigenvalue weighted by Gasteiger charge is 2.25. The minimum atomic E-state index is -3.67. The number of nitrogens with one attached hydrogen (secondary N) is 2. The van der Waals surface area contributed by atoms with Gasteiger partial charge in [0.15, 0.2) is 0 Å². The minimum absolute atomic E-state index is 0.134. The van der Waals surface area contributed by atoms with E-state index in [1.54, 1.807) is 33.8 Å². The standard InChI is InChI=1S/C33H36N8O2.CH4O3S/c1-22-10-12-25(13-11-22)41-30(20-28(38-41)33(3,4)5)37-32(43)36-27-14-15-29(35-23(27)2)39-16-18-40(19-17-39)31(42)26-9-7-6-8-24(26)21-34;1-5(2,3)4/h6-15,20H,16-19H2,1-5H3,(H2,36,37,43);1H3,(H,2,3,4). The molecule has 3 amide bonds. The number of nitrogens with zero attached hydrogens (tertiary/aromatic N) is 6. The molecule has 3 heterocycles. The average Bonchev–Trinajstić information content (AvgIpc) is 3.45. The number of urea groups is 1. The van der Waals surface area contributed by atoms with Gasteiger partial charge in [-0.25, -0.2) is 14.5 Å². The van der Waals surface area contributed by atoms with Gasteiger partial charge in [-0.15, -0.1) is 0 Å². The number of anilines is 3. The first kappa shape index (κ1) is 35.6. The van der Waals surface area contributed by atoms with Crippen molar-refractivity contribution in [1.82, 2.24) is 19.7 Å². The first-order chi connectivity index (χ1) is 22.5. The largest absolute Gasteiger partial charge is 0.353 e. The fraction of sp³-hybridized carbons (Fsp3) is 0.324. The molecule has 0 unspecified atom stereocenters. The molecule has 1 fully saturated rings. The lowest BCUT2D eigenvalue weighted by atomic mass is 9.92. The summed E-state index contributed by atoms with van der Waals surface area (Å²) in [5.41, 5.74) is 4.75. The number of hydrogen-bond acceptors (Lipinski definition) is 8. The summed E-state index contributed by atoms with van der Waals surface area (Å²) >= 11 is 0. The normalized spacial score (nSPS) is 13.2. The van der Waals surface area contributed by atoms with Crippen molar-refractivity contribution in [2.75, 3.05) is 48.0 Å². The Bertz CT molecular complexity index is 1930. The summed E-state index contributed by atoms with van der Waals surface area (Å²) in [4.78, 5) is 34.8. The number of aryl methyl sites for hydroxylation is 2. The van der Waals surface area contributed by atoms with Gasteiger partial charge >= 0.3 is 6.03 Å². The molecule has 5 rings (SSSR count). The molecule has 14 heteroatoms. The molecule has 252 valence electrons. The summed E-state index contributed by atoms with van der Waals surface area (Å²) in [7, 11) is -3.67. The van der Waals surface area contributed by atoms with E-state index in [2.05, 4.69) is 42.4 Å². The van der Waals surface area contributed by atoms with Crippen LogP contribution < -0.4 is 15.5 Å². The number of aromatic nitrogens is 3. The van der Waals surface area contributed by atoms with Gasteiger partial charge in [0.25, 0.3) is 16.0 Å². The maximum absolute atomic E-state index is 13.1. The van der Waals surface area contributed by atoms with Crippen molar-refractivity contribution in [2.45, 2.75) is 40.0 Å². The Labute approximate surface area is 281 Å². The van der Waals surface area contributed by atoms with E-state index in [4.69, 9.17) is 14.6 Å². The van der Waals surface area contributed by atoms with Crippen molar-refractivity contribution in [3.05, 3.63) is 94.8 Å². The zero-order valence-electron chi connectivity index (χ0n) is 27.9. The van der Waals surface area contributed by atoms with Gasteiger partial charge in [0.05, 0.1) is 46.2 Å². The van der Waals surface area contributed by atoms with Crippen LogP contribution in [0.5, 0.6) is 0 Å². The highest BCUT2D eigenvalue weighted by atomic mass is 32.2. The van der Waals surface area contributed by atoms with Crippen molar-refractivity contribution >= 4 is 39.4 Å². The van der Waals surface area contributed by atoms with Crippen molar-refractivity contribution in [3.8, 4) is 11.8 Å². The number of pyridine rings is 1. The smallest absolute Gasteiger partial charge is 0.324 e. The molecule has 3 N–H and O–H groups in total. The topological polar surface area (TPSA) is 174 Å². The SMILES string of the molecule is CS(=O)(=O)O.Cc1ccc(-n2nc(C(C)(C)C)cc2NC(=O)Nc2ccc(N3CCN(C(=O)c4ccccc4C#N)CC3)nc2C)cc1. The Balaban J connectivity index is 0.000000968. The number of piperazine rings is 1. The van der Waals surface area contributed by atoms with Crippen molar-refractivity contribution < 1.29 is 22.6 Å². The van der Waals surface area contributed by atoms with Gasteiger partial charge in [0, 0.05) is 37.7 Å². The van der Waals surface area contributed by atoms with Crippen LogP contribution >= 0.6 is 0 Å². The van der Waals surface area contributed by atoms with Crippen LogP contribution in [-0.2, 0) is 15.5 Å². The molecule has 2 aromatic heterocycles. The predicted octanol–water partition coefficient (Wildman–Crippen LogP) is 5.16. The molecule has 0 spiro atoms. The lowest BCUT2D eigenvalue weighted by Gasteiger charge is -2.35. The number of benzene rings is 2. The summed E-state index contributed by atoms with van der Waals surface area (Å²) in [5.74, 6) is 1.21. The average molecular weight is 673 g/mol. The van der Waals surface area contributed by atoms with E-state index in [1.807, 2.05) is 56.3 Å². The molecule has 0 atom stereocenters. The molecule has 4 aromatic rings. The van der Waals surface area contributed by atoms with E-state index in [0.717, 1.165) is 22.8 Å². The van der Waals surface area contributed by atoms with E-state index < -0.39 is 16.1 Å². The zero-order valence-corrected chi connectivity index (χ0v) is 28.7. The first-order valence-electron chi connectivity index (χ1n) is 15.2. The quantitative estimate of drug-likeness (QED) is 0.242. The summed E-state index contributed by atoms with van der Waals surface area (Å²) in [6.07, 6.45) is 0.715. The molecule has 1 aliphatic heterocycles. The van der Waals surface area contributed by atoms with Gasteiger partial charge in [-0.2, -0.15) is 18.8 Å². The van der Waals surface area contributed by atoms with Crippen LogP contribution in [-0.4, -0.2) is 77.0 Å². The second kappa shape index (κ2) is 14.7. The Kier molecular flexibility index (Phi) is 10.9. The van der Waals surface area contributed by atoms with Gasteiger partial charge in [0.1, 0.15) is 11.6 Å². The number of nitriles is 1. The van der Waals surface area contributed by atoms with Gasteiger partial charge < -0.3 is 15.1 Å². The van der Waals surface area contributed by atoms with Gasteiger partial charge in [-0.05, 0) is 50.2 Å². The van der Waals surface area contributed by atoms with Crippen LogP contribution in [0.2, 0.25) is 0 Å². The summed E-state index contributed by atoms with van der Waals surface area (Å²) in [6.45, 7) is 12.4. The molecule has 13 nitrogen and oxygen atoms in total. The van der Waals surface area contributed by atoms with E-state index >= 15 is 0 Å². The van der Waals surface area contributed by atoms with Crippen molar-refractivity contribution in [3.63, 3.8) is 0 Å². The lowest BCUT2D eigenvalue weighted by Crippen LogP contribution is -2.49. The predicted molar refractivity (Wildman–Crippen MR) is 185 cm³/mol. The summed E-state index contributed by atoms with van der Waals surface area (Å²) in [5, 5.41) is 20.0. The van der Waals surface area contributed by atoms with Crippen molar-refractivity contribution in [1.29, 1.82) is 5.26 Å². The Morgan fingerprint density at radius 1 is 0.938 bits per heavy atom. The molecule has 48 heavy (non-hydrogen) atoms. The Hall–Kier alpha value is -5.26. The number of carbonyl (C=O) groups excluding carboxylic acids is 2. The van der Waals surface area contributed by atoms with E-state index in [9.17, 15) is 23.3 Å². The van der Waals surface area contributed by atoms with Gasteiger partial charge in [-0.3, -0.25) is 14.7 Å². The van der Waals surface area contributed by atoms with E-state index in [-0.39, 0.29) is 11.3 Å². The molecule has 1 aliphatic rings. The first-order valence-corrected chi connectivity index (χ1v) is 17.1. The second-order valence-electron chi connectivity index (χ2n) is 12.5. The molecule has 2 aromatic carbocycles. The third-order valence-corrected chi connectivity index (χ3v) is 7.49.